The minimum absolute atomic E-state index is 0.102. The Bertz CT molecular complexity index is 502. The lowest BCUT2D eigenvalue weighted by Gasteiger charge is -2.38. The average Bonchev–Trinajstić information content (AvgIpc) is 2.83. The van der Waals surface area contributed by atoms with Crippen LogP contribution in [-0.2, 0) is 4.74 Å². The highest BCUT2D eigenvalue weighted by atomic mass is 35.5. The van der Waals surface area contributed by atoms with E-state index in [0.29, 0.717) is 6.61 Å². The van der Waals surface area contributed by atoms with Crippen LogP contribution in [0.2, 0.25) is 0 Å². The maximum atomic E-state index is 11.8. The molecule has 0 aromatic heterocycles. The maximum Gasteiger partial charge on any atom is 0.409 e. The molecule has 0 aromatic carbocycles. The molecule has 1 amide bonds. The number of thioether (sulfide) groups is 1. The van der Waals surface area contributed by atoms with E-state index in [1.54, 1.807) is 23.0 Å². The van der Waals surface area contributed by atoms with Crippen LogP contribution in [0.1, 0.15) is 26.2 Å². The summed E-state index contributed by atoms with van der Waals surface area (Å²) in [5.74, 6) is 0. The van der Waals surface area contributed by atoms with Crippen LogP contribution in [0.5, 0.6) is 0 Å². The number of rotatable bonds is 1. The van der Waals surface area contributed by atoms with Gasteiger partial charge in [0, 0.05) is 35.2 Å². The van der Waals surface area contributed by atoms with E-state index in [-0.39, 0.29) is 17.0 Å². The summed E-state index contributed by atoms with van der Waals surface area (Å²) in [5.41, 5.74) is 7.23. The van der Waals surface area contributed by atoms with Gasteiger partial charge in [-0.3, -0.25) is 4.42 Å². The van der Waals surface area contributed by atoms with Gasteiger partial charge in [-0.25, -0.2) is 9.79 Å². The number of hydrogen-bond acceptors (Lipinski definition) is 6. The van der Waals surface area contributed by atoms with Crippen molar-refractivity contribution in [1.82, 2.24) is 9.32 Å². The third-order valence-corrected chi connectivity index (χ3v) is 6.05. The predicted molar refractivity (Wildman–Crippen MR) is 84.0 cm³/mol. The van der Waals surface area contributed by atoms with Gasteiger partial charge in [-0.2, -0.15) is 0 Å². The predicted octanol–water partition coefficient (Wildman–Crippen LogP) is 2.11. The second-order valence-corrected chi connectivity index (χ2v) is 7.36. The molecule has 3 heterocycles. The van der Waals surface area contributed by atoms with Crippen LogP contribution in [0.3, 0.4) is 0 Å². The summed E-state index contributed by atoms with van der Waals surface area (Å²) in [7, 11) is 0. The summed E-state index contributed by atoms with van der Waals surface area (Å²) in [6.45, 7) is 3.68. The topological polar surface area (TPSA) is 71.2 Å². The molecular formula is C13H19ClN4O2S. The minimum atomic E-state index is -0.297. The van der Waals surface area contributed by atoms with Gasteiger partial charge in [0.15, 0.2) is 0 Å². The van der Waals surface area contributed by atoms with Crippen LogP contribution in [-0.4, -0.2) is 52.4 Å². The number of nitrogens with two attached hydrogens (primary N) is 1. The zero-order valence-electron chi connectivity index (χ0n) is 11.9. The minimum Gasteiger partial charge on any atom is -0.450 e. The molecule has 3 rings (SSSR count). The van der Waals surface area contributed by atoms with Crippen molar-refractivity contribution in [3.05, 3.63) is 10.6 Å². The number of amides is 1. The molecule has 0 aliphatic carbocycles. The zero-order valence-corrected chi connectivity index (χ0v) is 13.5. The van der Waals surface area contributed by atoms with Crippen molar-refractivity contribution >= 4 is 36.0 Å². The lowest BCUT2D eigenvalue weighted by Crippen LogP contribution is -2.45. The number of likely N-dealkylation sites (tertiary alicyclic amines) is 1. The van der Waals surface area contributed by atoms with E-state index in [2.05, 4.69) is 4.99 Å². The van der Waals surface area contributed by atoms with E-state index in [1.807, 2.05) is 6.92 Å². The number of carbonyl (C=O) groups is 1. The molecule has 3 aliphatic heterocycles. The molecule has 21 heavy (non-hydrogen) atoms. The third kappa shape index (κ3) is 2.74. The molecule has 1 saturated heterocycles. The molecule has 1 fully saturated rings. The van der Waals surface area contributed by atoms with Gasteiger partial charge in [-0.15, -0.1) is 0 Å². The fourth-order valence-corrected chi connectivity index (χ4v) is 4.60. The zero-order chi connectivity index (χ0) is 15.0. The van der Waals surface area contributed by atoms with E-state index < -0.39 is 0 Å². The van der Waals surface area contributed by atoms with Gasteiger partial charge in [0.05, 0.1) is 6.61 Å². The van der Waals surface area contributed by atoms with E-state index in [9.17, 15) is 4.79 Å². The highest BCUT2D eigenvalue weighted by molar-refractivity contribution is 8.04. The van der Waals surface area contributed by atoms with Gasteiger partial charge in [-0.05, 0) is 26.2 Å². The van der Waals surface area contributed by atoms with Crippen molar-refractivity contribution in [1.29, 1.82) is 0 Å². The van der Waals surface area contributed by atoms with Gasteiger partial charge in [-0.1, -0.05) is 11.8 Å². The second-order valence-electron chi connectivity index (χ2n) is 5.51. The molecule has 2 N–H and O–H groups in total. The molecule has 0 bridgehead atoms. The molecule has 0 saturated carbocycles. The Morgan fingerprint density at radius 3 is 3.00 bits per heavy atom. The number of nitrogens with zero attached hydrogens (tertiary/aromatic N) is 3. The fourth-order valence-electron chi connectivity index (χ4n) is 2.99. The van der Waals surface area contributed by atoms with Crippen LogP contribution in [0, 0.1) is 0 Å². The molecule has 3 aliphatic rings. The number of carbonyl (C=O) groups excluding carboxylic acids is 1. The van der Waals surface area contributed by atoms with Crippen molar-refractivity contribution in [3.8, 4) is 0 Å². The molecule has 0 aromatic rings. The molecule has 6 nitrogen and oxygen atoms in total. The van der Waals surface area contributed by atoms with Crippen LogP contribution < -0.4 is 5.73 Å². The van der Waals surface area contributed by atoms with Crippen molar-refractivity contribution in [3.63, 3.8) is 0 Å². The molecule has 1 atom stereocenters. The summed E-state index contributed by atoms with van der Waals surface area (Å²) in [4.78, 5) is 17.9. The number of halogens is 1. The Morgan fingerprint density at radius 2 is 2.33 bits per heavy atom. The Kier molecular flexibility index (Phi) is 4.07. The first kappa shape index (κ1) is 15.0. The molecule has 0 radical (unpaired) electrons. The molecule has 8 heteroatoms. The Labute approximate surface area is 133 Å². The van der Waals surface area contributed by atoms with E-state index in [4.69, 9.17) is 22.2 Å². The monoisotopic (exact) mass is 330 g/mol. The Balaban J connectivity index is 1.63. The SMILES string of the molecule is CCOC(=O)N1CCC2(CC1)CC1=C(N=CN(Cl)C1N)S2. The normalized spacial score (nSPS) is 27.3. The van der Waals surface area contributed by atoms with Crippen LogP contribution in [0.25, 0.3) is 0 Å². The van der Waals surface area contributed by atoms with E-state index in [1.165, 1.54) is 4.42 Å². The summed E-state index contributed by atoms with van der Waals surface area (Å²) in [6, 6.07) is 0. The van der Waals surface area contributed by atoms with E-state index >= 15 is 0 Å². The molecular weight excluding hydrogens is 312 g/mol. The standard InChI is InChI=1S/C13H19ClN4O2S/c1-2-20-12(19)17-5-3-13(4-6-17)7-9-10(15)18(14)8-16-11(9)21-13/h8,10H,2-7,15H2,1H3. The van der Waals surface area contributed by atoms with Crippen LogP contribution >= 0.6 is 23.5 Å². The summed E-state index contributed by atoms with van der Waals surface area (Å²) >= 11 is 7.80. The van der Waals surface area contributed by atoms with Crippen LogP contribution in [0.15, 0.2) is 15.6 Å². The first-order valence-corrected chi connectivity index (χ1v) is 8.28. The van der Waals surface area contributed by atoms with Crippen molar-refractivity contribution in [2.75, 3.05) is 19.7 Å². The van der Waals surface area contributed by atoms with Gasteiger partial charge in [0.2, 0.25) is 0 Å². The highest BCUT2D eigenvalue weighted by Gasteiger charge is 2.45. The summed E-state index contributed by atoms with van der Waals surface area (Å²) in [6.07, 6.45) is 3.81. The van der Waals surface area contributed by atoms with Gasteiger partial charge < -0.3 is 15.4 Å². The van der Waals surface area contributed by atoms with Crippen molar-refractivity contribution in [2.24, 2.45) is 10.7 Å². The lowest BCUT2D eigenvalue weighted by molar-refractivity contribution is 0.0951. The average molecular weight is 331 g/mol. The first-order valence-electron chi connectivity index (χ1n) is 7.12. The van der Waals surface area contributed by atoms with Crippen molar-refractivity contribution < 1.29 is 9.53 Å². The number of hydrogen-bond donors (Lipinski definition) is 1. The molecule has 116 valence electrons. The molecule has 1 spiro atoms. The van der Waals surface area contributed by atoms with Gasteiger partial charge >= 0.3 is 6.09 Å². The van der Waals surface area contributed by atoms with Crippen LogP contribution in [0.4, 0.5) is 4.79 Å². The van der Waals surface area contributed by atoms with Gasteiger partial charge in [0.1, 0.15) is 17.5 Å². The number of aliphatic imine (C=N–C) groups is 1. The van der Waals surface area contributed by atoms with Crippen molar-refractivity contribution in [2.45, 2.75) is 37.1 Å². The Morgan fingerprint density at radius 1 is 1.62 bits per heavy atom. The smallest absolute Gasteiger partial charge is 0.409 e. The third-order valence-electron chi connectivity index (χ3n) is 4.21. The number of ether oxygens (including phenoxy) is 1. The highest BCUT2D eigenvalue weighted by Crippen LogP contribution is 2.53. The fraction of sp³-hybridized carbons (Fsp3) is 0.692. The lowest BCUT2D eigenvalue weighted by atomic mass is 9.88. The largest absolute Gasteiger partial charge is 0.450 e. The number of piperidine rings is 1. The summed E-state index contributed by atoms with van der Waals surface area (Å²) < 4.78 is 6.58. The quantitative estimate of drug-likeness (QED) is 0.746. The van der Waals surface area contributed by atoms with E-state index in [0.717, 1.165) is 43.0 Å². The first-order chi connectivity index (χ1) is 10.0. The van der Waals surface area contributed by atoms with Gasteiger partial charge in [0.25, 0.3) is 0 Å². The maximum absolute atomic E-state index is 11.8. The molecule has 1 unspecified atom stereocenters. The summed E-state index contributed by atoms with van der Waals surface area (Å²) in [5, 5.41) is 1.00. The second kappa shape index (κ2) is 5.70. The Hall–Kier alpha value is -0.920.